The Balaban J connectivity index is 1.30. The van der Waals surface area contributed by atoms with Gasteiger partial charge in [0.05, 0.1) is 12.4 Å². The molecule has 4 rings (SSSR count). The van der Waals surface area contributed by atoms with Crippen LogP contribution < -0.4 is 15.4 Å². The van der Waals surface area contributed by atoms with Crippen LogP contribution in [0.1, 0.15) is 23.1 Å². The number of aromatic nitrogens is 4. The molecule has 11 heteroatoms. The number of nitrogens with one attached hydrogen (secondary N) is 2. The quantitative estimate of drug-likeness (QED) is 0.325. The molecular formula is C24H23FN6O3S. The molecule has 0 aliphatic rings. The van der Waals surface area contributed by atoms with Crippen molar-refractivity contribution in [3.63, 3.8) is 0 Å². The van der Waals surface area contributed by atoms with Gasteiger partial charge < -0.3 is 15.4 Å². The number of ether oxygens (including phenoxy) is 1. The van der Waals surface area contributed by atoms with E-state index in [1.54, 1.807) is 40.9 Å². The lowest BCUT2D eigenvalue weighted by molar-refractivity contribution is -0.113. The van der Waals surface area contributed by atoms with Crippen molar-refractivity contribution in [2.24, 2.45) is 0 Å². The molecule has 0 aliphatic heterocycles. The molecule has 2 aromatic heterocycles. The third-order valence-corrected chi connectivity index (χ3v) is 5.76. The average molecular weight is 495 g/mol. The van der Waals surface area contributed by atoms with Crippen molar-refractivity contribution in [2.75, 3.05) is 24.2 Å². The van der Waals surface area contributed by atoms with E-state index in [0.717, 1.165) is 5.75 Å². The fourth-order valence-electron chi connectivity index (χ4n) is 3.18. The van der Waals surface area contributed by atoms with Crippen LogP contribution in [0.4, 0.5) is 10.1 Å². The van der Waals surface area contributed by atoms with E-state index in [-0.39, 0.29) is 17.6 Å². The highest BCUT2D eigenvalue weighted by molar-refractivity contribution is 7.99. The molecule has 2 aromatic carbocycles. The number of nitrogens with zero attached hydrogens (tertiary/aromatic N) is 4. The fraction of sp³-hybridized carbons (Fsp3) is 0.208. The molecule has 2 heterocycles. The van der Waals surface area contributed by atoms with Gasteiger partial charge in [-0.1, -0.05) is 11.8 Å². The molecule has 0 aliphatic carbocycles. The van der Waals surface area contributed by atoms with E-state index in [9.17, 15) is 14.0 Å². The maximum absolute atomic E-state index is 13.0. The van der Waals surface area contributed by atoms with Crippen molar-refractivity contribution < 1.29 is 18.7 Å². The summed E-state index contributed by atoms with van der Waals surface area (Å²) in [4.78, 5) is 24.5. The molecule has 4 aromatic rings. The summed E-state index contributed by atoms with van der Waals surface area (Å²) in [6.45, 7) is 2.80. The zero-order chi connectivity index (χ0) is 24.6. The van der Waals surface area contributed by atoms with Crippen LogP contribution in [0.25, 0.3) is 5.65 Å². The van der Waals surface area contributed by atoms with E-state index in [0.29, 0.717) is 47.3 Å². The normalized spacial score (nSPS) is 10.8. The Morgan fingerprint density at radius 3 is 2.54 bits per heavy atom. The Morgan fingerprint density at radius 2 is 1.80 bits per heavy atom. The number of fused-ring (bicyclic) bond motifs is 1. The first-order valence-electron chi connectivity index (χ1n) is 10.9. The molecule has 0 radical (unpaired) electrons. The first-order valence-corrected chi connectivity index (χ1v) is 11.9. The molecule has 0 fully saturated rings. The van der Waals surface area contributed by atoms with Crippen LogP contribution in [0.2, 0.25) is 0 Å². The minimum Gasteiger partial charge on any atom is -0.494 e. The van der Waals surface area contributed by atoms with Crippen LogP contribution in [0.3, 0.4) is 0 Å². The van der Waals surface area contributed by atoms with Crippen LogP contribution in [0.5, 0.6) is 5.75 Å². The second-order valence-electron chi connectivity index (χ2n) is 7.36. The van der Waals surface area contributed by atoms with Crippen molar-refractivity contribution in [1.82, 2.24) is 25.1 Å². The molecule has 0 spiro atoms. The lowest BCUT2D eigenvalue weighted by atomic mass is 10.2. The Labute approximate surface area is 205 Å². The standard InChI is InChI=1S/C24H23FN6O3S/c1-2-34-19-9-7-18(8-10-19)27-22(32)15-35-23-12-11-20-28-29-21(31(20)30-23)13-14-26-24(33)16-3-5-17(25)6-4-16/h3-12H,2,13-15H2,1H3,(H,26,33)(H,27,32). The van der Waals surface area contributed by atoms with E-state index < -0.39 is 5.82 Å². The van der Waals surface area contributed by atoms with Gasteiger partial charge in [0.15, 0.2) is 11.5 Å². The number of benzene rings is 2. The second kappa shape index (κ2) is 11.4. The molecule has 35 heavy (non-hydrogen) atoms. The first-order chi connectivity index (χ1) is 17.0. The summed E-state index contributed by atoms with van der Waals surface area (Å²) >= 11 is 1.29. The third-order valence-electron chi connectivity index (χ3n) is 4.84. The maximum atomic E-state index is 13.0. The SMILES string of the molecule is CCOc1ccc(NC(=O)CSc2ccc3nnc(CCNC(=O)c4ccc(F)cc4)n3n2)cc1. The van der Waals surface area contributed by atoms with Gasteiger partial charge in [0.2, 0.25) is 5.91 Å². The van der Waals surface area contributed by atoms with Crippen LogP contribution in [-0.4, -0.2) is 50.5 Å². The molecule has 2 amide bonds. The van der Waals surface area contributed by atoms with Crippen molar-refractivity contribution in [3.8, 4) is 5.75 Å². The second-order valence-corrected chi connectivity index (χ2v) is 8.36. The summed E-state index contributed by atoms with van der Waals surface area (Å²) in [5.74, 6) is 0.634. The summed E-state index contributed by atoms with van der Waals surface area (Å²) in [5.41, 5.74) is 1.62. The van der Waals surface area contributed by atoms with Gasteiger partial charge in [0.25, 0.3) is 5.91 Å². The largest absolute Gasteiger partial charge is 0.494 e. The molecule has 0 unspecified atom stereocenters. The monoisotopic (exact) mass is 494 g/mol. The summed E-state index contributed by atoms with van der Waals surface area (Å²) in [6, 6.07) is 16.1. The third kappa shape index (κ3) is 6.54. The molecule has 0 saturated carbocycles. The van der Waals surface area contributed by atoms with Gasteiger partial charge in [0, 0.05) is 24.2 Å². The Morgan fingerprint density at radius 1 is 1.03 bits per heavy atom. The van der Waals surface area contributed by atoms with Crippen molar-refractivity contribution in [3.05, 3.63) is 77.9 Å². The van der Waals surface area contributed by atoms with E-state index in [1.807, 2.05) is 6.92 Å². The molecule has 9 nitrogen and oxygen atoms in total. The van der Waals surface area contributed by atoms with E-state index >= 15 is 0 Å². The first kappa shape index (κ1) is 24.1. The number of anilines is 1. The Bertz CT molecular complexity index is 1310. The van der Waals surface area contributed by atoms with Gasteiger partial charge in [-0.05, 0) is 67.6 Å². The molecule has 0 saturated heterocycles. The topological polar surface area (TPSA) is 111 Å². The van der Waals surface area contributed by atoms with Crippen molar-refractivity contribution in [1.29, 1.82) is 0 Å². The van der Waals surface area contributed by atoms with Gasteiger partial charge in [-0.25, -0.2) is 4.39 Å². The molecule has 180 valence electrons. The van der Waals surface area contributed by atoms with Gasteiger partial charge in [-0.15, -0.1) is 10.2 Å². The van der Waals surface area contributed by atoms with Gasteiger partial charge >= 0.3 is 0 Å². The predicted molar refractivity (Wildman–Crippen MR) is 130 cm³/mol. The van der Waals surface area contributed by atoms with E-state index in [4.69, 9.17) is 4.74 Å². The number of carbonyl (C=O) groups is 2. The van der Waals surface area contributed by atoms with Crippen LogP contribution in [0.15, 0.2) is 65.7 Å². The predicted octanol–water partition coefficient (Wildman–Crippen LogP) is 3.37. The summed E-state index contributed by atoms with van der Waals surface area (Å²) in [6.07, 6.45) is 0.396. The lowest BCUT2D eigenvalue weighted by Crippen LogP contribution is -2.26. The number of thioether (sulfide) groups is 1. The maximum Gasteiger partial charge on any atom is 0.251 e. The summed E-state index contributed by atoms with van der Waals surface area (Å²) < 4.78 is 20.0. The smallest absolute Gasteiger partial charge is 0.251 e. The highest BCUT2D eigenvalue weighted by atomic mass is 32.2. The highest BCUT2D eigenvalue weighted by Gasteiger charge is 2.11. The number of rotatable bonds is 10. The molecule has 0 bridgehead atoms. The molecule has 2 N–H and O–H groups in total. The summed E-state index contributed by atoms with van der Waals surface area (Å²) in [5, 5.41) is 19.0. The molecular weight excluding hydrogens is 471 g/mol. The van der Waals surface area contributed by atoms with E-state index in [1.165, 1.54) is 36.0 Å². The van der Waals surface area contributed by atoms with E-state index in [2.05, 4.69) is 25.9 Å². The average Bonchev–Trinajstić information content (AvgIpc) is 3.27. The zero-order valence-corrected chi connectivity index (χ0v) is 19.7. The molecule has 0 atom stereocenters. The summed E-state index contributed by atoms with van der Waals surface area (Å²) in [7, 11) is 0. The van der Waals surface area contributed by atoms with Crippen LogP contribution >= 0.6 is 11.8 Å². The Hall–Kier alpha value is -3.99. The number of hydrogen-bond donors (Lipinski definition) is 2. The van der Waals surface area contributed by atoms with Crippen molar-refractivity contribution in [2.45, 2.75) is 18.4 Å². The van der Waals surface area contributed by atoms with Gasteiger partial charge in [0.1, 0.15) is 16.6 Å². The Kier molecular flexibility index (Phi) is 7.88. The minimum absolute atomic E-state index is 0.159. The van der Waals surface area contributed by atoms with Crippen molar-refractivity contribution >= 4 is 34.9 Å². The number of carbonyl (C=O) groups excluding carboxylic acids is 2. The highest BCUT2D eigenvalue weighted by Crippen LogP contribution is 2.18. The van der Waals surface area contributed by atoms with Gasteiger partial charge in [-0.2, -0.15) is 9.61 Å². The zero-order valence-electron chi connectivity index (χ0n) is 18.9. The lowest BCUT2D eigenvalue weighted by Gasteiger charge is -2.07. The van der Waals surface area contributed by atoms with Gasteiger partial charge in [-0.3, -0.25) is 9.59 Å². The van der Waals surface area contributed by atoms with Crippen LogP contribution in [0, 0.1) is 5.82 Å². The minimum atomic E-state index is -0.398. The number of amides is 2. The van der Waals surface area contributed by atoms with Crippen LogP contribution in [-0.2, 0) is 11.2 Å². The fourth-order valence-corrected chi connectivity index (χ4v) is 3.83. The number of hydrogen-bond acceptors (Lipinski definition) is 7. The number of halogens is 1.